The highest BCUT2D eigenvalue weighted by atomic mass is 35.5. The molecule has 0 amide bonds. The maximum atomic E-state index is 13.8. The smallest absolute Gasteiger partial charge is 0.252 e. The minimum absolute atomic E-state index is 0.0876. The van der Waals surface area contributed by atoms with Crippen LogP contribution in [0, 0.1) is 0 Å². The summed E-state index contributed by atoms with van der Waals surface area (Å²) in [5, 5.41) is 0.845. The van der Waals surface area contributed by atoms with Gasteiger partial charge < -0.3 is 28.1 Å². The van der Waals surface area contributed by atoms with Crippen molar-refractivity contribution in [3.05, 3.63) is 175 Å². The molecule has 0 aliphatic rings. The zero-order valence-corrected chi connectivity index (χ0v) is 49.4. The van der Waals surface area contributed by atoms with Gasteiger partial charge in [0.25, 0.3) is 11.1 Å². The van der Waals surface area contributed by atoms with Gasteiger partial charge in [-0.1, -0.05) is 49.2 Å². The molecule has 82 heavy (non-hydrogen) atoms. The Hall–Kier alpha value is -7.76. The highest BCUT2D eigenvalue weighted by molar-refractivity contribution is 6.31. The van der Waals surface area contributed by atoms with Crippen LogP contribution in [0.5, 0.6) is 11.5 Å². The lowest BCUT2D eigenvalue weighted by atomic mass is 9.95. The second-order valence-corrected chi connectivity index (χ2v) is 22.4. The number of pyridine rings is 2. The van der Waals surface area contributed by atoms with E-state index in [0.717, 1.165) is 22.2 Å². The van der Waals surface area contributed by atoms with E-state index in [9.17, 15) is 28.8 Å². The number of hydrogen-bond acceptors (Lipinski definition) is 14. The Bertz CT molecular complexity index is 3530. The minimum Gasteiger partial charge on any atom is -0.495 e. The van der Waals surface area contributed by atoms with E-state index in [1.54, 1.807) is 75.0 Å². The van der Waals surface area contributed by atoms with Crippen molar-refractivity contribution >= 4 is 68.4 Å². The number of benzene rings is 4. The summed E-state index contributed by atoms with van der Waals surface area (Å²) in [6, 6.07) is 22.0. The third-order valence-electron chi connectivity index (χ3n) is 13.4. The molecule has 0 aliphatic carbocycles. The van der Waals surface area contributed by atoms with Crippen LogP contribution in [0.15, 0.2) is 132 Å². The number of ether oxygens (including phenoxy) is 4. The molecular formula is C64H68Cl2N6O10. The molecular weight excluding hydrogens is 1080 g/mol. The number of aromatic nitrogens is 6. The maximum absolute atomic E-state index is 13.8. The number of ketones is 4. The number of nitrogens with zero attached hydrogens (tertiary/aromatic N) is 6. The fourth-order valence-corrected chi connectivity index (χ4v) is 9.72. The van der Waals surface area contributed by atoms with Crippen LogP contribution in [-0.2, 0) is 31.9 Å². The average Bonchev–Trinajstić information content (AvgIpc) is 3.45. The summed E-state index contributed by atoms with van der Waals surface area (Å²) in [5.74, 6) is 0.185. The molecule has 16 nitrogen and oxygen atoms in total. The molecule has 0 radical (unpaired) electrons. The number of hydrogen-bond donors (Lipinski definition) is 0. The van der Waals surface area contributed by atoms with E-state index in [1.165, 1.54) is 47.9 Å². The molecule has 4 aromatic heterocycles. The van der Waals surface area contributed by atoms with Crippen molar-refractivity contribution in [1.29, 1.82) is 0 Å². The molecule has 0 fully saturated rings. The first-order valence-corrected chi connectivity index (χ1v) is 27.8. The molecule has 18 heteroatoms. The Balaban J connectivity index is 0.000000236. The van der Waals surface area contributed by atoms with Crippen LogP contribution in [0.4, 0.5) is 0 Å². The Morgan fingerprint density at radius 1 is 0.500 bits per heavy atom. The fourth-order valence-electron chi connectivity index (χ4n) is 9.38. The van der Waals surface area contributed by atoms with E-state index in [-0.39, 0.29) is 62.0 Å². The van der Waals surface area contributed by atoms with Crippen molar-refractivity contribution in [1.82, 2.24) is 29.1 Å². The lowest BCUT2D eigenvalue weighted by molar-refractivity contribution is -0.123. The number of fused-ring (bicyclic) bond motifs is 2. The predicted molar refractivity (Wildman–Crippen MR) is 320 cm³/mol. The number of methoxy groups -OCH3 is 2. The molecule has 8 aromatic rings. The van der Waals surface area contributed by atoms with Crippen molar-refractivity contribution in [2.24, 2.45) is 0 Å². The molecule has 0 saturated carbocycles. The summed E-state index contributed by atoms with van der Waals surface area (Å²) in [5.41, 5.74) is 5.48. The molecule has 0 unspecified atom stereocenters. The summed E-state index contributed by atoms with van der Waals surface area (Å²) >= 11 is 12.6. The van der Waals surface area contributed by atoms with Crippen LogP contribution < -0.4 is 20.6 Å². The molecule has 0 aliphatic heterocycles. The van der Waals surface area contributed by atoms with Crippen LogP contribution >= 0.6 is 23.2 Å². The van der Waals surface area contributed by atoms with Crippen molar-refractivity contribution in [2.45, 2.75) is 117 Å². The molecule has 8 rings (SSSR count). The quantitative estimate of drug-likeness (QED) is 0.0580. The van der Waals surface area contributed by atoms with Crippen LogP contribution in [-0.4, -0.2) is 90.8 Å². The van der Waals surface area contributed by atoms with Gasteiger partial charge in [-0.25, -0.2) is 0 Å². The minimum atomic E-state index is -0.818. The second-order valence-electron chi connectivity index (χ2n) is 21.5. The first-order chi connectivity index (χ1) is 39.0. The SMILES string of the molecule is CCC(=O)c1ccc(Cl)cc1-c1cc(=O)n([C@@H](CCOC(C)(C)C)C(=O)Cc2ccc3nccnc3c2)cc1OC.CCC(=O)c1ccc(Cl)cc1-c1cc(=O)n([C@H](CCOC(C)(C)C)C(=O)Cc2ccc3nccnc3c2)cc1OC. The van der Waals surface area contributed by atoms with Crippen molar-refractivity contribution in [3.8, 4) is 33.8 Å². The highest BCUT2D eigenvalue weighted by Crippen LogP contribution is 2.37. The van der Waals surface area contributed by atoms with E-state index >= 15 is 0 Å². The standard InChI is InChI=1S/2C32H34ClN3O5/c2*1-6-28(37)22-9-8-21(33)17-23(22)24-18-31(39)36(19-30(24)40-5)27(11-14-41-32(2,3)4)29(38)16-20-7-10-25-26(15-20)35-13-12-34-25/h2*7-10,12-13,15,17-19,27H,6,11,14,16H2,1-5H3/t2*27-/m10/s1. The molecule has 428 valence electrons. The van der Waals surface area contributed by atoms with Gasteiger partial charge in [0, 0.05) is 108 Å². The number of rotatable bonds is 22. The zero-order valence-electron chi connectivity index (χ0n) is 47.9. The molecule has 4 heterocycles. The summed E-state index contributed by atoms with van der Waals surface area (Å²) in [7, 11) is 2.96. The first-order valence-electron chi connectivity index (χ1n) is 27.0. The summed E-state index contributed by atoms with van der Waals surface area (Å²) in [6.45, 7) is 15.7. The van der Waals surface area contributed by atoms with Crippen LogP contribution in [0.25, 0.3) is 44.3 Å². The molecule has 0 N–H and O–H groups in total. The number of carbonyl (C=O) groups excluding carboxylic acids is 4. The van der Waals surface area contributed by atoms with Gasteiger partial charge in [0.05, 0.1) is 72.0 Å². The van der Waals surface area contributed by atoms with Gasteiger partial charge in [-0.15, -0.1) is 0 Å². The van der Waals surface area contributed by atoms with Gasteiger partial charge in [0.1, 0.15) is 11.5 Å². The van der Waals surface area contributed by atoms with E-state index < -0.39 is 34.4 Å². The third kappa shape index (κ3) is 15.8. The largest absolute Gasteiger partial charge is 0.495 e. The zero-order chi connectivity index (χ0) is 59.5. The Labute approximate surface area is 486 Å². The number of halogens is 2. The lowest BCUT2D eigenvalue weighted by Gasteiger charge is -2.24. The average molecular weight is 1150 g/mol. The monoisotopic (exact) mass is 1150 g/mol. The van der Waals surface area contributed by atoms with E-state index in [1.807, 2.05) is 77.9 Å². The van der Waals surface area contributed by atoms with Gasteiger partial charge in [-0.2, -0.15) is 0 Å². The normalized spacial score (nSPS) is 12.3. The summed E-state index contributed by atoms with van der Waals surface area (Å²) in [4.78, 5) is 97.4. The molecule has 2 atom stereocenters. The Kier molecular flexibility index (Phi) is 20.6. The van der Waals surface area contributed by atoms with Gasteiger partial charge >= 0.3 is 0 Å². The maximum Gasteiger partial charge on any atom is 0.252 e. The van der Waals surface area contributed by atoms with Crippen molar-refractivity contribution < 1.29 is 38.1 Å². The number of Topliss-reactive ketones (excluding diaryl/α,β-unsaturated/α-hetero) is 4. The van der Waals surface area contributed by atoms with E-state index in [2.05, 4.69) is 19.9 Å². The van der Waals surface area contributed by atoms with Gasteiger partial charge in [0.15, 0.2) is 23.1 Å². The van der Waals surface area contributed by atoms with Gasteiger partial charge in [-0.05, 0) is 137 Å². The van der Waals surface area contributed by atoms with Crippen molar-refractivity contribution in [2.75, 3.05) is 27.4 Å². The van der Waals surface area contributed by atoms with Gasteiger partial charge in [0.2, 0.25) is 0 Å². The third-order valence-corrected chi connectivity index (χ3v) is 13.9. The van der Waals surface area contributed by atoms with E-state index in [0.29, 0.717) is 78.8 Å². The van der Waals surface area contributed by atoms with Crippen LogP contribution in [0.2, 0.25) is 10.0 Å². The second kappa shape index (κ2) is 27.3. The van der Waals surface area contributed by atoms with Crippen LogP contribution in [0.1, 0.15) is 125 Å². The van der Waals surface area contributed by atoms with Crippen LogP contribution in [0.3, 0.4) is 0 Å². The Morgan fingerprint density at radius 2 is 0.866 bits per heavy atom. The van der Waals surface area contributed by atoms with E-state index in [4.69, 9.17) is 42.1 Å². The first kappa shape index (κ1) is 61.9. The molecule has 0 bridgehead atoms. The molecule has 4 aromatic carbocycles. The number of carbonyl (C=O) groups is 4. The summed E-state index contributed by atoms with van der Waals surface area (Å²) < 4.78 is 26.0. The topological polar surface area (TPSA) is 201 Å². The highest BCUT2D eigenvalue weighted by Gasteiger charge is 2.28. The fraction of sp³-hybridized carbons (Fsp3) is 0.344. The molecule has 0 spiro atoms. The predicted octanol–water partition coefficient (Wildman–Crippen LogP) is 12.5. The van der Waals surface area contributed by atoms with Crippen molar-refractivity contribution in [3.63, 3.8) is 0 Å². The van der Waals surface area contributed by atoms with Gasteiger partial charge in [-0.3, -0.25) is 48.7 Å². The Morgan fingerprint density at radius 3 is 1.21 bits per heavy atom. The lowest BCUT2D eigenvalue weighted by Crippen LogP contribution is -2.32. The molecule has 0 saturated heterocycles. The summed E-state index contributed by atoms with van der Waals surface area (Å²) in [6.07, 6.45) is 10.8.